The number of aromatic carboxylic acids is 1. The SMILES string of the molecule is Cc1cc(C(=O)Nc2cccc(C#Cc3cncc(C(=O)N=[S-](=O)c4cccc(C(=O)O)c4)c3)c2)n(C)n1. The van der Waals surface area contributed by atoms with Crippen LogP contribution in [0.3, 0.4) is 0 Å². The molecule has 2 amide bonds. The molecule has 0 aliphatic carbocycles. The van der Waals surface area contributed by atoms with E-state index in [4.69, 9.17) is 5.11 Å². The number of aryl methyl sites for hydroxylation is 2. The van der Waals surface area contributed by atoms with Crippen molar-refractivity contribution in [2.24, 2.45) is 11.4 Å². The minimum Gasteiger partial charge on any atom is -0.478 e. The van der Waals surface area contributed by atoms with Gasteiger partial charge in [-0.15, -0.1) is 0 Å². The summed E-state index contributed by atoms with van der Waals surface area (Å²) >= 11 is 0. The number of nitrogens with zero attached hydrogens (tertiary/aromatic N) is 4. The lowest BCUT2D eigenvalue weighted by Gasteiger charge is -2.06. The van der Waals surface area contributed by atoms with Crippen LogP contribution in [0.15, 0.2) is 82.3 Å². The molecular formula is C27H20N5O5S-. The molecule has 0 saturated heterocycles. The number of anilines is 1. The van der Waals surface area contributed by atoms with Gasteiger partial charge in [-0.3, -0.25) is 19.3 Å². The highest BCUT2D eigenvalue weighted by molar-refractivity contribution is 7.75. The first-order valence-electron chi connectivity index (χ1n) is 11.1. The molecule has 0 saturated carbocycles. The van der Waals surface area contributed by atoms with Crippen LogP contribution in [0.4, 0.5) is 5.69 Å². The number of benzene rings is 2. The topological polar surface area (TPSA) is 144 Å². The molecule has 38 heavy (non-hydrogen) atoms. The van der Waals surface area contributed by atoms with Gasteiger partial charge in [-0.05, 0) is 43.3 Å². The zero-order valence-electron chi connectivity index (χ0n) is 20.2. The average molecular weight is 527 g/mol. The molecule has 0 atom stereocenters. The first-order chi connectivity index (χ1) is 18.2. The van der Waals surface area contributed by atoms with Crippen LogP contribution in [-0.4, -0.2) is 37.7 Å². The van der Waals surface area contributed by atoms with Crippen LogP contribution in [0.5, 0.6) is 0 Å². The molecule has 2 heterocycles. The Morgan fingerprint density at radius 1 is 0.974 bits per heavy atom. The van der Waals surface area contributed by atoms with E-state index in [0.717, 1.165) is 5.69 Å². The van der Waals surface area contributed by atoms with Crippen molar-refractivity contribution in [3.05, 3.63) is 107 Å². The zero-order chi connectivity index (χ0) is 27.2. The Bertz CT molecular complexity index is 1720. The third-order valence-corrected chi connectivity index (χ3v) is 6.13. The molecular weight excluding hydrogens is 506 g/mol. The molecule has 190 valence electrons. The van der Waals surface area contributed by atoms with Crippen LogP contribution >= 0.6 is 0 Å². The van der Waals surface area contributed by atoms with E-state index < -0.39 is 22.5 Å². The second kappa shape index (κ2) is 11.3. The van der Waals surface area contributed by atoms with E-state index in [0.29, 0.717) is 22.5 Å². The number of pyridine rings is 1. The van der Waals surface area contributed by atoms with Gasteiger partial charge in [0.1, 0.15) is 5.69 Å². The highest BCUT2D eigenvalue weighted by atomic mass is 32.2. The predicted octanol–water partition coefficient (Wildman–Crippen LogP) is 3.82. The molecule has 0 unspecified atom stereocenters. The first kappa shape index (κ1) is 26.0. The van der Waals surface area contributed by atoms with E-state index in [-0.39, 0.29) is 21.9 Å². The van der Waals surface area contributed by atoms with Gasteiger partial charge in [0, 0.05) is 36.3 Å². The molecule has 2 aromatic heterocycles. The van der Waals surface area contributed by atoms with E-state index in [1.807, 2.05) is 0 Å². The highest BCUT2D eigenvalue weighted by Gasteiger charge is 2.12. The minimum atomic E-state index is -2.09. The molecule has 0 spiro atoms. The quantitative estimate of drug-likeness (QED) is 0.297. The minimum absolute atomic E-state index is 0.0619. The zero-order valence-corrected chi connectivity index (χ0v) is 21.0. The van der Waals surface area contributed by atoms with Crippen molar-refractivity contribution >= 4 is 34.1 Å². The largest absolute Gasteiger partial charge is 0.478 e. The summed E-state index contributed by atoms with van der Waals surface area (Å²) in [6.45, 7) is 1.80. The molecule has 2 N–H and O–H groups in total. The van der Waals surface area contributed by atoms with Gasteiger partial charge in [0.2, 0.25) is 0 Å². The molecule has 0 bridgehead atoms. The fourth-order valence-electron chi connectivity index (χ4n) is 3.38. The van der Waals surface area contributed by atoms with E-state index in [1.165, 1.54) is 47.4 Å². The summed E-state index contributed by atoms with van der Waals surface area (Å²) in [4.78, 5) is 40.3. The number of rotatable bonds is 5. The average Bonchev–Trinajstić information content (AvgIpc) is 3.25. The maximum Gasteiger partial charge on any atom is 0.335 e. The van der Waals surface area contributed by atoms with Crippen molar-refractivity contribution in [3.8, 4) is 11.8 Å². The monoisotopic (exact) mass is 526 g/mol. The summed E-state index contributed by atoms with van der Waals surface area (Å²) in [5.41, 5.74) is 2.76. The normalized spacial score (nSPS) is 11.3. The van der Waals surface area contributed by atoms with Crippen LogP contribution in [-0.2, 0) is 21.9 Å². The van der Waals surface area contributed by atoms with Crippen molar-refractivity contribution in [2.45, 2.75) is 11.8 Å². The number of carbonyl (C=O) groups is 3. The second-order valence-corrected chi connectivity index (χ2v) is 9.17. The lowest BCUT2D eigenvalue weighted by atomic mass is 10.1. The molecule has 4 aromatic rings. The third kappa shape index (κ3) is 6.37. The van der Waals surface area contributed by atoms with Crippen molar-refractivity contribution in [2.75, 3.05) is 5.32 Å². The van der Waals surface area contributed by atoms with Crippen LogP contribution < -0.4 is 5.32 Å². The van der Waals surface area contributed by atoms with Gasteiger partial charge >= 0.3 is 5.97 Å². The van der Waals surface area contributed by atoms with Gasteiger partial charge in [-0.1, -0.05) is 41.0 Å². The number of nitrogens with one attached hydrogen (secondary N) is 1. The maximum absolute atomic E-state index is 12.6. The molecule has 11 heteroatoms. The van der Waals surface area contributed by atoms with E-state index in [1.54, 1.807) is 44.3 Å². The number of carboxylic acids is 1. The Balaban J connectivity index is 1.50. The first-order valence-corrected chi connectivity index (χ1v) is 12.2. The van der Waals surface area contributed by atoms with Crippen molar-refractivity contribution in [1.29, 1.82) is 0 Å². The number of amides is 2. The van der Waals surface area contributed by atoms with E-state index in [9.17, 15) is 18.6 Å². The van der Waals surface area contributed by atoms with Gasteiger partial charge in [-0.2, -0.15) is 15.7 Å². The molecule has 0 aliphatic rings. The molecule has 2 aromatic carbocycles. The number of carboxylic acid groups (broad SMARTS) is 1. The smallest absolute Gasteiger partial charge is 0.335 e. The lowest BCUT2D eigenvalue weighted by molar-refractivity contribution is 0.0696. The summed E-state index contributed by atoms with van der Waals surface area (Å²) in [6.07, 6.45) is 2.74. The van der Waals surface area contributed by atoms with Crippen LogP contribution in [0.1, 0.15) is 48.0 Å². The Morgan fingerprint density at radius 2 is 1.74 bits per heavy atom. The highest BCUT2D eigenvalue weighted by Crippen LogP contribution is 2.13. The van der Waals surface area contributed by atoms with E-state index in [2.05, 4.69) is 31.6 Å². The summed E-state index contributed by atoms with van der Waals surface area (Å²) < 4.78 is 17.6. The number of hydrogen-bond donors (Lipinski definition) is 2. The Kier molecular flexibility index (Phi) is 7.74. The van der Waals surface area contributed by atoms with Gasteiger partial charge in [0.05, 0.1) is 16.8 Å². The fourth-order valence-corrected chi connectivity index (χ4v) is 4.17. The Hall–Kier alpha value is -5.08. The summed E-state index contributed by atoms with van der Waals surface area (Å²) in [7, 11) is -0.401. The van der Waals surface area contributed by atoms with Crippen LogP contribution in [0.2, 0.25) is 0 Å². The van der Waals surface area contributed by atoms with Crippen LogP contribution in [0.25, 0.3) is 0 Å². The standard InChI is InChI=1S/C27H20N5O5S/c1-17-11-24(32(2)30-17)26(34)29-22-7-3-5-18(13-22)9-10-19-12-21(16-28-15-19)25(33)31-38(37)23-8-4-6-20(14-23)27(35)36/h3-8,11-16H,1-2H3,(H,29,34)(H,35,36)/q-1. The van der Waals surface area contributed by atoms with E-state index >= 15 is 0 Å². The number of carbonyl (C=O) groups excluding carboxylic acids is 2. The molecule has 0 fully saturated rings. The molecule has 0 aliphatic heterocycles. The lowest BCUT2D eigenvalue weighted by Crippen LogP contribution is -2.16. The van der Waals surface area contributed by atoms with Crippen LogP contribution in [0, 0.1) is 18.8 Å². The van der Waals surface area contributed by atoms with Gasteiger partial charge in [-0.25, -0.2) is 4.79 Å². The third-order valence-electron chi connectivity index (χ3n) is 5.14. The molecule has 10 nitrogen and oxygen atoms in total. The van der Waals surface area contributed by atoms with Gasteiger partial charge in [0.15, 0.2) is 0 Å². The molecule has 4 rings (SSSR count). The Labute approximate surface area is 219 Å². The summed E-state index contributed by atoms with van der Waals surface area (Å²) in [6, 6.07) is 15.5. The number of aromatic nitrogens is 3. The fraction of sp³-hybridized carbons (Fsp3) is 0.0741. The van der Waals surface area contributed by atoms with Crippen molar-refractivity contribution in [3.63, 3.8) is 0 Å². The van der Waals surface area contributed by atoms with Crippen molar-refractivity contribution < 1.29 is 23.7 Å². The van der Waals surface area contributed by atoms with Gasteiger partial charge in [0.25, 0.3) is 11.8 Å². The summed E-state index contributed by atoms with van der Waals surface area (Å²) in [5.74, 6) is 3.61. The van der Waals surface area contributed by atoms with Crippen molar-refractivity contribution in [1.82, 2.24) is 14.8 Å². The maximum atomic E-state index is 12.6. The van der Waals surface area contributed by atoms with Gasteiger partial charge < -0.3 is 19.0 Å². The summed E-state index contributed by atoms with van der Waals surface area (Å²) in [5, 5.41) is 16.1. The predicted molar refractivity (Wildman–Crippen MR) is 139 cm³/mol. The number of hydrogen-bond acceptors (Lipinski definition) is 7. The Morgan fingerprint density at radius 3 is 2.47 bits per heavy atom. The second-order valence-electron chi connectivity index (χ2n) is 8.02. The molecule has 0 radical (unpaired) electrons.